The lowest BCUT2D eigenvalue weighted by Gasteiger charge is -2.28. The van der Waals surface area contributed by atoms with E-state index >= 15 is 0 Å². The lowest BCUT2D eigenvalue weighted by molar-refractivity contribution is 0.0228. The van der Waals surface area contributed by atoms with E-state index in [1.165, 1.54) is 0 Å². The zero-order valence-corrected chi connectivity index (χ0v) is 19.9. The molecule has 2 aromatic carbocycles. The van der Waals surface area contributed by atoms with Crippen molar-refractivity contribution in [2.75, 3.05) is 0 Å². The summed E-state index contributed by atoms with van der Waals surface area (Å²) in [7, 11) is 0. The number of aryl methyl sites for hydroxylation is 2. The molecule has 0 aromatic heterocycles. The Morgan fingerprint density at radius 1 is 0.969 bits per heavy atom. The first-order chi connectivity index (χ1) is 15.1. The van der Waals surface area contributed by atoms with Crippen LogP contribution in [-0.4, -0.2) is 34.5 Å². The van der Waals surface area contributed by atoms with Crippen molar-refractivity contribution in [2.24, 2.45) is 11.8 Å². The Bertz CT molecular complexity index is 1010. The normalized spacial score (nSPS) is 20.7. The summed E-state index contributed by atoms with van der Waals surface area (Å²) in [6.07, 6.45) is 5.89. The summed E-state index contributed by atoms with van der Waals surface area (Å²) in [5, 5.41) is 0. The van der Waals surface area contributed by atoms with Gasteiger partial charge >= 0.3 is 5.97 Å². The predicted octanol–water partition coefficient (Wildman–Crippen LogP) is 5.43. The number of carbonyl (C=O) groups is 2. The minimum absolute atomic E-state index is 0.00696. The summed E-state index contributed by atoms with van der Waals surface area (Å²) >= 11 is 0. The van der Waals surface area contributed by atoms with Gasteiger partial charge in [-0.1, -0.05) is 69.0 Å². The van der Waals surface area contributed by atoms with Crippen molar-refractivity contribution < 1.29 is 14.3 Å². The van der Waals surface area contributed by atoms with E-state index in [0.29, 0.717) is 17.0 Å². The highest BCUT2D eigenvalue weighted by molar-refractivity contribution is 5.97. The molecule has 0 aliphatic carbocycles. The SMILES string of the molecule is C#C[C@@H](OC(=O)c1ccc(C)cc1)[C@@]1(C(C)C)[C@H](CC(C)C)N1C(=O)c1ccc(C)cc1. The van der Waals surface area contributed by atoms with E-state index in [1.54, 1.807) is 12.1 Å². The van der Waals surface area contributed by atoms with Crippen LogP contribution in [0, 0.1) is 38.0 Å². The maximum atomic E-state index is 13.6. The van der Waals surface area contributed by atoms with Crippen molar-refractivity contribution in [3.05, 3.63) is 70.8 Å². The maximum Gasteiger partial charge on any atom is 0.339 e. The number of hydrogen-bond donors (Lipinski definition) is 0. The smallest absolute Gasteiger partial charge is 0.339 e. The number of esters is 1. The second-order valence-electron chi connectivity index (χ2n) is 9.55. The molecule has 1 fully saturated rings. The van der Waals surface area contributed by atoms with Gasteiger partial charge in [-0.2, -0.15) is 0 Å². The largest absolute Gasteiger partial charge is 0.443 e. The summed E-state index contributed by atoms with van der Waals surface area (Å²) in [6.45, 7) is 12.3. The Balaban J connectivity index is 1.96. The molecule has 0 spiro atoms. The summed E-state index contributed by atoms with van der Waals surface area (Å²) in [4.78, 5) is 28.3. The summed E-state index contributed by atoms with van der Waals surface area (Å²) in [5.74, 6) is 2.54. The highest BCUT2D eigenvalue weighted by Crippen LogP contribution is 2.54. The molecule has 1 saturated heterocycles. The van der Waals surface area contributed by atoms with Crippen LogP contribution >= 0.6 is 0 Å². The van der Waals surface area contributed by atoms with E-state index in [4.69, 9.17) is 11.2 Å². The molecule has 168 valence electrons. The number of nitrogens with zero attached hydrogens (tertiary/aromatic N) is 1. The Morgan fingerprint density at radius 3 is 1.91 bits per heavy atom. The van der Waals surface area contributed by atoms with E-state index in [-0.39, 0.29) is 17.9 Å². The fourth-order valence-electron chi connectivity index (χ4n) is 4.67. The zero-order chi connectivity index (χ0) is 23.6. The van der Waals surface area contributed by atoms with Gasteiger partial charge in [0.15, 0.2) is 6.10 Å². The van der Waals surface area contributed by atoms with Crippen molar-refractivity contribution in [1.82, 2.24) is 4.90 Å². The zero-order valence-electron chi connectivity index (χ0n) is 19.9. The van der Waals surface area contributed by atoms with Gasteiger partial charge in [0.05, 0.1) is 11.6 Å². The van der Waals surface area contributed by atoms with Crippen LogP contribution in [0.15, 0.2) is 48.5 Å². The average molecular weight is 432 g/mol. The molecule has 0 radical (unpaired) electrons. The molecule has 0 bridgehead atoms. The van der Waals surface area contributed by atoms with E-state index < -0.39 is 17.6 Å². The first-order valence-corrected chi connectivity index (χ1v) is 11.3. The molecule has 32 heavy (non-hydrogen) atoms. The fraction of sp³-hybridized carbons (Fsp3) is 0.429. The van der Waals surface area contributed by atoms with Crippen LogP contribution in [0.2, 0.25) is 0 Å². The van der Waals surface area contributed by atoms with Gasteiger partial charge in [0.1, 0.15) is 5.54 Å². The van der Waals surface area contributed by atoms with Crippen LogP contribution in [0.1, 0.15) is 66.0 Å². The van der Waals surface area contributed by atoms with Crippen LogP contribution in [-0.2, 0) is 4.74 Å². The number of amides is 1. The monoisotopic (exact) mass is 431 g/mol. The molecule has 4 nitrogen and oxygen atoms in total. The number of carbonyl (C=O) groups excluding carboxylic acids is 2. The molecule has 1 amide bonds. The highest BCUT2D eigenvalue weighted by Gasteiger charge is 2.71. The molecule has 1 aliphatic rings. The van der Waals surface area contributed by atoms with Gasteiger partial charge in [-0.05, 0) is 56.4 Å². The highest BCUT2D eigenvalue weighted by atomic mass is 16.5. The third-order valence-electron chi connectivity index (χ3n) is 6.42. The number of rotatable bonds is 7. The third kappa shape index (κ3) is 4.30. The molecule has 1 heterocycles. The van der Waals surface area contributed by atoms with Gasteiger partial charge in [0.2, 0.25) is 0 Å². The number of benzene rings is 2. The number of ether oxygens (including phenoxy) is 1. The van der Waals surface area contributed by atoms with Crippen molar-refractivity contribution in [2.45, 2.75) is 65.6 Å². The summed E-state index contributed by atoms with van der Waals surface area (Å²) < 4.78 is 5.89. The minimum atomic E-state index is -0.838. The summed E-state index contributed by atoms with van der Waals surface area (Å²) in [5.41, 5.74) is 2.48. The lowest BCUT2D eigenvalue weighted by Crippen LogP contribution is -2.43. The lowest BCUT2D eigenvalue weighted by atomic mass is 9.83. The van der Waals surface area contributed by atoms with E-state index in [1.807, 2.05) is 69.0 Å². The van der Waals surface area contributed by atoms with E-state index in [2.05, 4.69) is 19.8 Å². The van der Waals surface area contributed by atoms with Crippen LogP contribution < -0.4 is 0 Å². The molecule has 1 aliphatic heterocycles. The quantitative estimate of drug-likeness (QED) is 0.334. The minimum Gasteiger partial charge on any atom is -0.443 e. The molecular weight excluding hydrogens is 398 g/mol. The van der Waals surface area contributed by atoms with Crippen LogP contribution in [0.4, 0.5) is 0 Å². The molecule has 2 aromatic rings. The Hall–Kier alpha value is -3.06. The van der Waals surface area contributed by atoms with Gasteiger partial charge in [0, 0.05) is 5.56 Å². The van der Waals surface area contributed by atoms with Gasteiger partial charge < -0.3 is 9.64 Å². The number of terminal acetylenes is 1. The fourth-order valence-corrected chi connectivity index (χ4v) is 4.67. The molecule has 0 saturated carbocycles. The van der Waals surface area contributed by atoms with Gasteiger partial charge in [-0.25, -0.2) is 4.79 Å². The molecule has 3 atom stereocenters. The average Bonchev–Trinajstić information content (AvgIpc) is 3.40. The van der Waals surface area contributed by atoms with Crippen molar-refractivity contribution in [3.63, 3.8) is 0 Å². The molecule has 0 unspecified atom stereocenters. The first kappa shape index (κ1) is 23.6. The molecule has 4 heteroatoms. The van der Waals surface area contributed by atoms with E-state index in [9.17, 15) is 9.59 Å². The second-order valence-corrected chi connectivity index (χ2v) is 9.55. The second kappa shape index (κ2) is 9.20. The Labute approximate surface area is 192 Å². The molecular formula is C28H33NO3. The Kier molecular flexibility index (Phi) is 6.79. The molecule has 0 N–H and O–H groups in total. The van der Waals surface area contributed by atoms with Gasteiger partial charge in [-0.3, -0.25) is 4.79 Å². The topological polar surface area (TPSA) is 46.4 Å². The standard InChI is InChI=1S/C28H33NO3/c1-8-25(32-27(31)23-15-11-21(7)12-16-23)28(19(4)5)24(17-18(2)3)29(28)26(30)22-13-9-20(6)10-14-22/h1,9-16,18-19,24-25H,17H2,2-7H3/t24-,25+,28+,29?/m0/s1. The van der Waals surface area contributed by atoms with Crippen molar-refractivity contribution >= 4 is 11.9 Å². The van der Waals surface area contributed by atoms with E-state index in [0.717, 1.165) is 17.5 Å². The third-order valence-corrected chi connectivity index (χ3v) is 6.42. The van der Waals surface area contributed by atoms with Crippen molar-refractivity contribution in [3.8, 4) is 12.3 Å². The first-order valence-electron chi connectivity index (χ1n) is 11.3. The van der Waals surface area contributed by atoms with Crippen LogP contribution in [0.3, 0.4) is 0 Å². The summed E-state index contributed by atoms with van der Waals surface area (Å²) in [6, 6.07) is 14.7. The number of hydrogen-bond acceptors (Lipinski definition) is 3. The predicted molar refractivity (Wildman–Crippen MR) is 127 cm³/mol. The van der Waals surface area contributed by atoms with Crippen molar-refractivity contribution in [1.29, 1.82) is 0 Å². The van der Waals surface area contributed by atoms with Crippen LogP contribution in [0.25, 0.3) is 0 Å². The Morgan fingerprint density at radius 2 is 1.47 bits per heavy atom. The maximum absolute atomic E-state index is 13.6. The van der Waals surface area contributed by atoms with Gasteiger partial charge in [-0.15, -0.1) is 6.42 Å². The molecule has 3 rings (SSSR count). The van der Waals surface area contributed by atoms with Gasteiger partial charge in [0.25, 0.3) is 5.91 Å². The van der Waals surface area contributed by atoms with Crippen LogP contribution in [0.5, 0.6) is 0 Å².